The molecule has 0 aromatic rings. The predicted octanol–water partition coefficient (Wildman–Crippen LogP) is 0.0921. The van der Waals surface area contributed by atoms with E-state index in [2.05, 4.69) is 0 Å². The highest BCUT2D eigenvalue weighted by Gasteiger charge is 2.24. The van der Waals surface area contributed by atoms with Gasteiger partial charge in [-0.2, -0.15) is 0 Å². The van der Waals surface area contributed by atoms with E-state index in [1.165, 1.54) is 0 Å². The van der Waals surface area contributed by atoms with Crippen LogP contribution >= 0.6 is 0 Å². The van der Waals surface area contributed by atoms with Gasteiger partial charge in [0.15, 0.2) is 0 Å². The van der Waals surface area contributed by atoms with E-state index in [0.717, 1.165) is 0 Å². The molecule has 0 aliphatic carbocycles. The van der Waals surface area contributed by atoms with Crippen molar-refractivity contribution in [3.8, 4) is 0 Å². The summed E-state index contributed by atoms with van der Waals surface area (Å²) < 4.78 is 0. The van der Waals surface area contributed by atoms with Crippen molar-refractivity contribution in [1.82, 2.24) is 0 Å². The van der Waals surface area contributed by atoms with E-state index in [0.29, 0.717) is 25.7 Å². The lowest BCUT2D eigenvalue weighted by Gasteiger charge is -2.28. The highest BCUT2D eigenvalue weighted by atomic mass is 16.4. The highest BCUT2D eigenvalue weighted by Crippen LogP contribution is 2.21. The van der Waals surface area contributed by atoms with Crippen molar-refractivity contribution in [1.29, 1.82) is 0 Å². The molecular formula is C10H21NO4. The van der Waals surface area contributed by atoms with E-state index in [1.54, 1.807) is 0 Å². The number of carboxylic acids is 1. The summed E-state index contributed by atoms with van der Waals surface area (Å²) in [5.74, 6) is -0.860. The number of aliphatic hydroxyl groups is 2. The normalized spacial score (nSPS) is 17.1. The highest BCUT2D eigenvalue weighted by molar-refractivity contribution is 5.66. The first-order valence-electron chi connectivity index (χ1n) is 5.23. The Labute approximate surface area is 89.9 Å². The SMILES string of the molecule is CCC(N)(CCC(=O)O)CCC(O)CO. The lowest BCUT2D eigenvalue weighted by atomic mass is 9.86. The fourth-order valence-corrected chi connectivity index (χ4v) is 1.38. The molecule has 0 bridgehead atoms. The second kappa shape index (κ2) is 6.76. The average molecular weight is 219 g/mol. The maximum atomic E-state index is 10.4. The maximum Gasteiger partial charge on any atom is 0.303 e. The zero-order chi connectivity index (χ0) is 11.9. The number of aliphatic hydroxyl groups excluding tert-OH is 2. The Morgan fingerprint density at radius 1 is 1.47 bits per heavy atom. The zero-order valence-corrected chi connectivity index (χ0v) is 9.15. The number of carbonyl (C=O) groups is 1. The van der Waals surface area contributed by atoms with Crippen molar-refractivity contribution in [2.24, 2.45) is 5.73 Å². The van der Waals surface area contributed by atoms with Gasteiger partial charge in [0, 0.05) is 12.0 Å². The second-order valence-electron chi connectivity index (χ2n) is 3.98. The number of hydrogen-bond acceptors (Lipinski definition) is 4. The third-order valence-electron chi connectivity index (χ3n) is 2.73. The second-order valence-corrected chi connectivity index (χ2v) is 3.98. The van der Waals surface area contributed by atoms with Gasteiger partial charge in [-0.05, 0) is 25.7 Å². The third kappa shape index (κ3) is 6.43. The molecule has 0 fully saturated rings. The van der Waals surface area contributed by atoms with E-state index in [4.69, 9.17) is 15.9 Å². The lowest BCUT2D eigenvalue weighted by molar-refractivity contribution is -0.137. The van der Waals surface area contributed by atoms with Crippen LogP contribution in [0.15, 0.2) is 0 Å². The van der Waals surface area contributed by atoms with Crippen molar-refractivity contribution in [2.75, 3.05) is 6.61 Å². The smallest absolute Gasteiger partial charge is 0.303 e. The zero-order valence-electron chi connectivity index (χ0n) is 9.15. The fraction of sp³-hybridized carbons (Fsp3) is 0.900. The summed E-state index contributed by atoms with van der Waals surface area (Å²) in [6, 6.07) is 0. The minimum atomic E-state index is -0.860. The van der Waals surface area contributed by atoms with E-state index >= 15 is 0 Å². The van der Waals surface area contributed by atoms with Gasteiger partial charge in [-0.25, -0.2) is 0 Å². The maximum absolute atomic E-state index is 10.4. The van der Waals surface area contributed by atoms with Gasteiger partial charge in [0.05, 0.1) is 12.7 Å². The molecule has 0 aliphatic heterocycles. The Kier molecular flexibility index (Phi) is 6.47. The minimum absolute atomic E-state index is 0.0412. The van der Waals surface area contributed by atoms with Crippen molar-refractivity contribution in [2.45, 2.75) is 50.7 Å². The summed E-state index contributed by atoms with van der Waals surface area (Å²) in [4.78, 5) is 10.4. The Morgan fingerprint density at radius 2 is 2.07 bits per heavy atom. The standard InChI is InChI=1S/C10H21NO4/c1-2-10(11,6-4-9(14)15)5-3-8(13)7-12/h8,12-13H,2-7,11H2,1H3,(H,14,15). The number of nitrogens with two attached hydrogens (primary N) is 1. The summed E-state index contributed by atoms with van der Waals surface area (Å²) in [6.07, 6.45) is 1.28. The monoisotopic (exact) mass is 219 g/mol. The molecular weight excluding hydrogens is 198 g/mol. The van der Waals surface area contributed by atoms with Crippen molar-refractivity contribution in [3.63, 3.8) is 0 Å². The molecule has 0 spiro atoms. The van der Waals surface area contributed by atoms with Crippen molar-refractivity contribution < 1.29 is 20.1 Å². The fourth-order valence-electron chi connectivity index (χ4n) is 1.38. The molecule has 0 saturated heterocycles. The summed E-state index contributed by atoms with van der Waals surface area (Å²) in [6.45, 7) is 1.62. The lowest BCUT2D eigenvalue weighted by Crippen LogP contribution is -2.40. The number of rotatable bonds is 8. The molecule has 15 heavy (non-hydrogen) atoms. The van der Waals surface area contributed by atoms with Gasteiger partial charge in [-0.3, -0.25) is 4.79 Å². The van der Waals surface area contributed by atoms with Gasteiger partial charge < -0.3 is 21.1 Å². The predicted molar refractivity (Wildman–Crippen MR) is 56.4 cm³/mol. The molecule has 5 nitrogen and oxygen atoms in total. The summed E-state index contributed by atoms with van der Waals surface area (Å²) in [5.41, 5.74) is 5.45. The van der Waals surface area contributed by atoms with Crippen LogP contribution in [0.3, 0.4) is 0 Å². The average Bonchev–Trinajstić information content (AvgIpc) is 2.23. The first kappa shape index (κ1) is 14.3. The van der Waals surface area contributed by atoms with Gasteiger partial charge in [0.25, 0.3) is 0 Å². The Bertz CT molecular complexity index is 198. The molecule has 2 atom stereocenters. The minimum Gasteiger partial charge on any atom is -0.481 e. The molecule has 2 unspecified atom stereocenters. The molecule has 0 heterocycles. The Balaban J connectivity index is 4.00. The first-order valence-corrected chi connectivity index (χ1v) is 5.23. The molecule has 5 N–H and O–H groups in total. The quantitative estimate of drug-likeness (QED) is 0.463. The summed E-state index contributed by atoms with van der Waals surface area (Å²) >= 11 is 0. The van der Waals surface area contributed by atoms with Crippen LogP contribution in [0.2, 0.25) is 0 Å². The van der Waals surface area contributed by atoms with Gasteiger partial charge in [-0.1, -0.05) is 6.92 Å². The van der Waals surface area contributed by atoms with E-state index in [9.17, 15) is 9.90 Å². The number of carboxylic acid groups (broad SMARTS) is 1. The Morgan fingerprint density at radius 3 is 2.47 bits per heavy atom. The van der Waals surface area contributed by atoms with E-state index in [-0.39, 0.29) is 13.0 Å². The van der Waals surface area contributed by atoms with Crippen LogP contribution in [-0.4, -0.2) is 39.5 Å². The molecule has 0 radical (unpaired) electrons. The third-order valence-corrected chi connectivity index (χ3v) is 2.73. The van der Waals surface area contributed by atoms with Gasteiger partial charge in [0.1, 0.15) is 0 Å². The number of hydrogen-bond donors (Lipinski definition) is 4. The van der Waals surface area contributed by atoms with E-state index in [1.807, 2.05) is 6.92 Å². The van der Waals surface area contributed by atoms with Gasteiger partial charge >= 0.3 is 5.97 Å². The molecule has 90 valence electrons. The van der Waals surface area contributed by atoms with Crippen LogP contribution in [-0.2, 0) is 4.79 Å². The van der Waals surface area contributed by atoms with Crippen LogP contribution in [0.25, 0.3) is 0 Å². The van der Waals surface area contributed by atoms with Crippen LogP contribution in [0.1, 0.15) is 39.0 Å². The summed E-state index contributed by atoms with van der Waals surface area (Å²) in [7, 11) is 0. The summed E-state index contributed by atoms with van der Waals surface area (Å²) in [5, 5.41) is 26.4. The van der Waals surface area contributed by atoms with Gasteiger partial charge in [0.2, 0.25) is 0 Å². The topological polar surface area (TPSA) is 104 Å². The molecule has 0 saturated carbocycles. The molecule has 0 aliphatic rings. The van der Waals surface area contributed by atoms with Crippen LogP contribution in [0, 0.1) is 0 Å². The van der Waals surface area contributed by atoms with Crippen molar-refractivity contribution >= 4 is 5.97 Å². The van der Waals surface area contributed by atoms with Crippen LogP contribution in [0.5, 0.6) is 0 Å². The van der Waals surface area contributed by atoms with Crippen LogP contribution in [0.4, 0.5) is 0 Å². The molecule has 5 heteroatoms. The molecule has 0 aromatic heterocycles. The van der Waals surface area contributed by atoms with Crippen LogP contribution < -0.4 is 5.73 Å². The van der Waals surface area contributed by atoms with Gasteiger partial charge in [-0.15, -0.1) is 0 Å². The van der Waals surface area contributed by atoms with Crippen molar-refractivity contribution in [3.05, 3.63) is 0 Å². The molecule has 0 amide bonds. The van der Waals surface area contributed by atoms with E-state index < -0.39 is 17.6 Å². The molecule has 0 aromatic carbocycles. The first-order chi connectivity index (χ1) is 6.93. The largest absolute Gasteiger partial charge is 0.481 e. The molecule has 0 rings (SSSR count). The number of aliphatic carboxylic acids is 1. The Hall–Kier alpha value is -0.650.